The van der Waals surface area contributed by atoms with Crippen molar-refractivity contribution in [2.75, 3.05) is 6.54 Å². The minimum atomic E-state index is -0.797. The van der Waals surface area contributed by atoms with E-state index in [1.165, 1.54) is 11.1 Å². The molecule has 0 saturated carbocycles. The molecule has 2 aliphatic carbocycles. The van der Waals surface area contributed by atoms with E-state index in [2.05, 4.69) is 29.6 Å². The topological polar surface area (TPSA) is 49.3 Å². The molecule has 21 heavy (non-hydrogen) atoms. The van der Waals surface area contributed by atoms with Gasteiger partial charge in [-0.05, 0) is 43.2 Å². The number of benzene rings is 1. The van der Waals surface area contributed by atoms with E-state index in [-0.39, 0.29) is 11.8 Å². The van der Waals surface area contributed by atoms with Crippen molar-refractivity contribution in [3.05, 3.63) is 47.5 Å². The fourth-order valence-electron chi connectivity index (χ4n) is 3.36. The van der Waals surface area contributed by atoms with Gasteiger partial charge in [0.15, 0.2) is 0 Å². The zero-order chi connectivity index (χ0) is 14.7. The first kappa shape index (κ1) is 14.3. The van der Waals surface area contributed by atoms with Crippen molar-refractivity contribution in [3.8, 4) is 0 Å². The van der Waals surface area contributed by atoms with Crippen LogP contribution in [0.1, 0.15) is 36.8 Å². The Kier molecular flexibility index (Phi) is 4.11. The van der Waals surface area contributed by atoms with Crippen molar-refractivity contribution in [1.29, 1.82) is 0 Å². The van der Waals surface area contributed by atoms with Crippen LogP contribution in [0.5, 0.6) is 0 Å². The SMILES string of the molecule is O=C(NC[C@@]1(O)CCc2ccccc2C1)[C@@H]1CC=CCC1. The molecule has 3 rings (SSSR count). The van der Waals surface area contributed by atoms with Crippen molar-refractivity contribution in [1.82, 2.24) is 5.32 Å². The van der Waals surface area contributed by atoms with Crippen LogP contribution < -0.4 is 5.32 Å². The summed E-state index contributed by atoms with van der Waals surface area (Å²) in [5.74, 6) is 0.168. The molecule has 1 aromatic rings. The minimum absolute atomic E-state index is 0.0782. The summed E-state index contributed by atoms with van der Waals surface area (Å²) >= 11 is 0. The number of rotatable bonds is 3. The number of aryl methyl sites for hydroxylation is 1. The molecule has 0 bridgehead atoms. The Hall–Kier alpha value is -1.61. The number of allylic oxidation sites excluding steroid dienone is 2. The molecule has 112 valence electrons. The maximum absolute atomic E-state index is 12.2. The maximum atomic E-state index is 12.2. The number of hydrogen-bond acceptors (Lipinski definition) is 2. The molecule has 1 aromatic carbocycles. The average Bonchev–Trinajstić information content (AvgIpc) is 2.53. The van der Waals surface area contributed by atoms with Gasteiger partial charge in [0.25, 0.3) is 0 Å². The zero-order valence-corrected chi connectivity index (χ0v) is 12.3. The molecule has 0 spiro atoms. The molecule has 0 heterocycles. The van der Waals surface area contributed by atoms with Crippen molar-refractivity contribution in [2.45, 2.75) is 44.1 Å². The Morgan fingerprint density at radius 2 is 2.10 bits per heavy atom. The second-order valence-corrected chi connectivity index (χ2v) is 6.37. The molecule has 0 unspecified atom stereocenters. The summed E-state index contributed by atoms with van der Waals surface area (Å²) in [6.07, 6.45) is 9.18. The van der Waals surface area contributed by atoms with Crippen molar-refractivity contribution >= 4 is 5.91 Å². The Morgan fingerprint density at radius 3 is 2.86 bits per heavy atom. The molecule has 0 fully saturated rings. The summed E-state index contributed by atoms with van der Waals surface area (Å²) < 4.78 is 0. The standard InChI is InChI=1S/C18H23NO2/c20-17(15-7-2-1-3-8-15)19-13-18(21)11-10-14-6-4-5-9-16(14)12-18/h1-2,4-6,9,15,21H,3,7-8,10-13H2,(H,19,20)/t15-,18-/m1/s1. The smallest absolute Gasteiger partial charge is 0.223 e. The third-order valence-electron chi connectivity index (χ3n) is 4.73. The summed E-state index contributed by atoms with van der Waals surface area (Å²) in [6, 6.07) is 8.26. The van der Waals surface area contributed by atoms with Gasteiger partial charge in [0, 0.05) is 18.9 Å². The highest BCUT2D eigenvalue weighted by Crippen LogP contribution is 2.28. The lowest BCUT2D eigenvalue weighted by Gasteiger charge is -2.34. The van der Waals surface area contributed by atoms with Gasteiger partial charge in [-0.15, -0.1) is 0 Å². The van der Waals surface area contributed by atoms with Gasteiger partial charge in [-0.25, -0.2) is 0 Å². The molecule has 0 aliphatic heterocycles. The van der Waals surface area contributed by atoms with E-state index in [0.29, 0.717) is 13.0 Å². The fourth-order valence-corrected chi connectivity index (χ4v) is 3.36. The van der Waals surface area contributed by atoms with E-state index >= 15 is 0 Å². The molecular formula is C18H23NO2. The van der Waals surface area contributed by atoms with Crippen molar-refractivity contribution in [2.24, 2.45) is 5.92 Å². The number of carbonyl (C=O) groups excluding carboxylic acids is 1. The normalized spacial score (nSPS) is 28.0. The van der Waals surface area contributed by atoms with Crippen LogP contribution in [0, 0.1) is 5.92 Å². The number of hydrogen-bond donors (Lipinski definition) is 2. The summed E-state index contributed by atoms with van der Waals surface area (Å²) in [7, 11) is 0. The van der Waals surface area contributed by atoms with Gasteiger partial charge in [0.05, 0.1) is 5.60 Å². The third-order valence-corrected chi connectivity index (χ3v) is 4.73. The van der Waals surface area contributed by atoms with E-state index in [1.54, 1.807) is 0 Å². The van der Waals surface area contributed by atoms with Crippen LogP contribution in [0.15, 0.2) is 36.4 Å². The third kappa shape index (κ3) is 3.35. The molecule has 2 atom stereocenters. The molecule has 3 nitrogen and oxygen atoms in total. The summed E-state index contributed by atoms with van der Waals surface area (Å²) in [4.78, 5) is 12.2. The zero-order valence-electron chi connectivity index (χ0n) is 12.3. The summed E-state index contributed by atoms with van der Waals surface area (Å²) in [5, 5.41) is 13.7. The van der Waals surface area contributed by atoms with E-state index < -0.39 is 5.60 Å². The summed E-state index contributed by atoms with van der Waals surface area (Å²) in [6.45, 7) is 0.361. The predicted octanol–water partition coefficient (Wildman–Crippen LogP) is 2.38. The lowest BCUT2D eigenvalue weighted by molar-refractivity contribution is -0.126. The van der Waals surface area contributed by atoms with Gasteiger partial charge in [-0.3, -0.25) is 4.79 Å². The predicted molar refractivity (Wildman–Crippen MR) is 82.9 cm³/mol. The van der Waals surface area contributed by atoms with Gasteiger partial charge >= 0.3 is 0 Å². The quantitative estimate of drug-likeness (QED) is 0.838. The minimum Gasteiger partial charge on any atom is -0.388 e. The Morgan fingerprint density at radius 1 is 1.29 bits per heavy atom. The molecule has 0 radical (unpaired) electrons. The molecule has 2 aliphatic rings. The van der Waals surface area contributed by atoms with Gasteiger partial charge < -0.3 is 10.4 Å². The van der Waals surface area contributed by atoms with E-state index in [9.17, 15) is 9.90 Å². The van der Waals surface area contributed by atoms with Gasteiger partial charge in [-0.1, -0.05) is 36.4 Å². The second kappa shape index (κ2) is 6.02. The average molecular weight is 285 g/mol. The molecule has 3 heteroatoms. The number of aliphatic hydroxyl groups is 1. The van der Waals surface area contributed by atoms with Gasteiger partial charge in [0.1, 0.15) is 0 Å². The van der Waals surface area contributed by atoms with E-state index in [1.807, 2.05) is 12.1 Å². The first-order valence-corrected chi connectivity index (χ1v) is 7.88. The highest BCUT2D eigenvalue weighted by atomic mass is 16.3. The van der Waals surface area contributed by atoms with Crippen LogP contribution in [0.2, 0.25) is 0 Å². The molecule has 2 N–H and O–H groups in total. The Bertz CT molecular complexity index is 552. The van der Waals surface area contributed by atoms with Gasteiger partial charge in [0.2, 0.25) is 5.91 Å². The first-order valence-electron chi connectivity index (χ1n) is 7.88. The molecule has 1 amide bonds. The lowest BCUT2D eigenvalue weighted by Crippen LogP contribution is -2.48. The van der Waals surface area contributed by atoms with Crippen LogP contribution in [-0.4, -0.2) is 23.2 Å². The number of nitrogens with one attached hydrogen (secondary N) is 1. The fraction of sp³-hybridized carbons (Fsp3) is 0.500. The molecule has 0 saturated heterocycles. The number of fused-ring (bicyclic) bond motifs is 1. The van der Waals surface area contributed by atoms with Gasteiger partial charge in [-0.2, -0.15) is 0 Å². The lowest BCUT2D eigenvalue weighted by atomic mass is 9.80. The van der Waals surface area contributed by atoms with Crippen LogP contribution in [-0.2, 0) is 17.6 Å². The first-order chi connectivity index (χ1) is 10.2. The van der Waals surface area contributed by atoms with Crippen molar-refractivity contribution in [3.63, 3.8) is 0 Å². The Balaban J connectivity index is 1.58. The Labute approximate surface area is 126 Å². The molecule has 0 aromatic heterocycles. The monoisotopic (exact) mass is 285 g/mol. The van der Waals surface area contributed by atoms with E-state index in [0.717, 1.165) is 32.1 Å². The largest absolute Gasteiger partial charge is 0.388 e. The van der Waals surface area contributed by atoms with Crippen LogP contribution in [0.4, 0.5) is 0 Å². The summed E-state index contributed by atoms with van der Waals surface area (Å²) in [5.41, 5.74) is 1.74. The highest BCUT2D eigenvalue weighted by Gasteiger charge is 2.33. The maximum Gasteiger partial charge on any atom is 0.223 e. The van der Waals surface area contributed by atoms with E-state index in [4.69, 9.17) is 0 Å². The highest BCUT2D eigenvalue weighted by molar-refractivity contribution is 5.79. The number of amides is 1. The van der Waals surface area contributed by atoms with Crippen LogP contribution in [0.3, 0.4) is 0 Å². The van der Waals surface area contributed by atoms with Crippen molar-refractivity contribution < 1.29 is 9.90 Å². The second-order valence-electron chi connectivity index (χ2n) is 6.37. The molecular weight excluding hydrogens is 262 g/mol. The van der Waals surface area contributed by atoms with Crippen LogP contribution >= 0.6 is 0 Å². The van der Waals surface area contributed by atoms with Crippen LogP contribution in [0.25, 0.3) is 0 Å². The number of carbonyl (C=O) groups is 1.